The molecule has 0 bridgehead atoms. The summed E-state index contributed by atoms with van der Waals surface area (Å²) >= 11 is 0. The van der Waals surface area contributed by atoms with Gasteiger partial charge in [0.25, 0.3) is 0 Å². The van der Waals surface area contributed by atoms with Crippen molar-refractivity contribution < 1.29 is 9.47 Å². The Hall–Kier alpha value is -0.810. The van der Waals surface area contributed by atoms with Gasteiger partial charge >= 0.3 is 0 Å². The number of guanidine groups is 1. The van der Waals surface area contributed by atoms with Crippen LogP contribution in [-0.4, -0.2) is 51.0 Å². The SMILES string of the molecule is CCOC1CC(NC(=NC)NCC(C)(C)OC)C12CCCC2. The second-order valence-electron chi connectivity index (χ2n) is 7.21. The Labute approximate surface area is 135 Å². The van der Waals surface area contributed by atoms with E-state index in [-0.39, 0.29) is 5.60 Å². The number of rotatable bonds is 6. The zero-order chi connectivity index (χ0) is 16.2. The van der Waals surface area contributed by atoms with Crippen molar-refractivity contribution in [2.75, 3.05) is 27.3 Å². The smallest absolute Gasteiger partial charge is 0.191 e. The van der Waals surface area contributed by atoms with Crippen molar-refractivity contribution in [3.05, 3.63) is 0 Å². The van der Waals surface area contributed by atoms with Crippen molar-refractivity contribution in [1.29, 1.82) is 0 Å². The molecule has 0 amide bonds. The monoisotopic (exact) mass is 311 g/mol. The summed E-state index contributed by atoms with van der Waals surface area (Å²) in [7, 11) is 3.57. The van der Waals surface area contributed by atoms with Crippen molar-refractivity contribution in [2.45, 2.75) is 70.6 Å². The Bertz CT molecular complexity index is 389. The summed E-state index contributed by atoms with van der Waals surface area (Å²) in [6.45, 7) is 7.78. The molecule has 1 spiro atoms. The molecule has 2 N–H and O–H groups in total. The Morgan fingerprint density at radius 3 is 2.55 bits per heavy atom. The minimum atomic E-state index is -0.198. The van der Waals surface area contributed by atoms with E-state index < -0.39 is 0 Å². The highest BCUT2D eigenvalue weighted by Gasteiger charge is 2.56. The molecule has 2 fully saturated rings. The van der Waals surface area contributed by atoms with E-state index in [1.165, 1.54) is 25.7 Å². The van der Waals surface area contributed by atoms with Crippen LogP contribution in [0.1, 0.15) is 52.9 Å². The van der Waals surface area contributed by atoms with Crippen molar-refractivity contribution in [3.63, 3.8) is 0 Å². The molecule has 2 rings (SSSR count). The summed E-state index contributed by atoms with van der Waals surface area (Å²) < 4.78 is 11.4. The highest BCUT2D eigenvalue weighted by atomic mass is 16.5. The second kappa shape index (κ2) is 7.18. The molecule has 0 heterocycles. The van der Waals surface area contributed by atoms with Gasteiger partial charge in [0.05, 0.1) is 11.7 Å². The fourth-order valence-electron chi connectivity index (χ4n) is 3.82. The first kappa shape index (κ1) is 17.5. The van der Waals surface area contributed by atoms with Crippen LogP contribution in [0.2, 0.25) is 0 Å². The molecule has 0 aliphatic heterocycles. The molecule has 0 aromatic rings. The highest BCUT2D eigenvalue weighted by molar-refractivity contribution is 5.80. The number of aliphatic imine (C=N–C) groups is 1. The van der Waals surface area contributed by atoms with E-state index in [0.29, 0.717) is 17.6 Å². The van der Waals surface area contributed by atoms with Crippen LogP contribution in [0.5, 0.6) is 0 Å². The Morgan fingerprint density at radius 1 is 1.32 bits per heavy atom. The molecular weight excluding hydrogens is 278 g/mol. The third kappa shape index (κ3) is 3.57. The van der Waals surface area contributed by atoms with Crippen molar-refractivity contribution in [1.82, 2.24) is 10.6 Å². The van der Waals surface area contributed by atoms with Gasteiger partial charge in [-0.3, -0.25) is 4.99 Å². The van der Waals surface area contributed by atoms with E-state index >= 15 is 0 Å². The number of methoxy groups -OCH3 is 1. The van der Waals surface area contributed by atoms with E-state index in [0.717, 1.165) is 25.5 Å². The van der Waals surface area contributed by atoms with Crippen LogP contribution in [-0.2, 0) is 9.47 Å². The zero-order valence-corrected chi connectivity index (χ0v) is 14.9. The first-order chi connectivity index (χ1) is 10.5. The summed E-state index contributed by atoms with van der Waals surface area (Å²) in [6, 6.07) is 0.475. The standard InChI is InChI=1S/C17H33N3O2/c1-6-22-14-11-13(17(14)9-7-8-10-17)20-15(18-4)19-12-16(2,3)21-5/h13-14H,6-12H2,1-5H3,(H2,18,19,20). The Balaban J connectivity index is 1.91. The second-order valence-corrected chi connectivity index (χ2v) is 7.21. The van der Waals surface area contributed by atoms with Crippen LogP contribution < -0.4 is 10.6 Å². The minimum Gasteiger partial charge on any atom is -0.378 e. The fourth-order valence-corrected chi connectivity index (χ4v) is 3.82. The van der Waals surface area contributed by atoms with Crippen LogP contribution in [0, 0.1) is 5.41 Å². The first-order valence-electron chi connectivity index (χ1n) is 8.61. The van der Waals surface area contributed by atoms with E-state index in [9.17, 15) is 0 Å². The maximum Gasteiger partial charge on any atom is 0.191 e. The maximum absolute atomic E-state index is 5.97. The summed E-state index contributed by atoms with van der Waals surface area (Å²) in [5, 5.41) is 7.01. The Kier molecular flexibility index (Phi) is 5.72. The lowest BCUT2D eigenvalue weighted by Crippen LogP contribution is -2.65. The average Bonchev–Trinajstić information content (AvgIpc) is 3.02. The zero-order valence-electron chi connectivity index (χ0n) is 14.9. The number of ether oxygens (including phenoxy) is 2. The number of hydrogen-bond donors (Lipinski definition) is 2. The third-order valence-electron chi connectivity index (χ3n) is 5.46. The molecule has 0 aromatic heterocycles. The average molecular weight is 311 g/mol. The van der Waals surface area contributed by atoms with Crippen molar-refractivity contribution >= 4 is 5.96 Å². The van der Waals surface area contributed by atoms with Crippen LogP contribution in [0.3, 0.4) is 0 Å². The molecule has 2 saturated carbocycles. The third-order valence-corrected chi connectivity index (χ3v) is 5.46. The Morgan fingerprint density at radius 2 is 2.00 bits per heavy atom. The number of hydrogen-bond acceptors (Lipinski definition) is 3. The molecule has 2 atom stereocenters. The van der Waals surface area contributed by atoms with E-state index in [1.54, 1.807) is 7.11 Å². The van der Waals surface area contributed by atoms with Gasteiger partial charge in [-0.05, 0) is 40.0 Å². The van der Waals surface area contributed by atoms with Crippen LogP contribution in [0.15, 0.2) is 4.99 Å². The molecule has 128 valence electrons. The van der Waals surface area contributed by atoms with Gasteiger partial charge in [-0.25, -0.2) is 0 Å². The van der Waals surface area contributed by atoms with Crippen molar-refractivity contribution in [2.24, 2.45) is 10.4 Å². The lowest BCUT2D eigenvalue weighted by Gasteiger charge is -2.54. The van der Waals surface area contributed by atoms with Crippen LogP contribution >= 0.6 is 0 Å². The molecule has 5 heteroatoms. The summed E-state index contributed by atoms with van der Waals surface area (Å²) in [6.07, 6.45) is 6.70. The van der Waals surface area contributed by atoms with Gasteiger partial charge < -0.3 is 20.1 Å². The molecule has 0 saturated heterocycles. The molecule has 0 radical (unpaired) electrons. The number of nitrogens with zero attached hydrogens (tertiary/aromatic N) is 1. The maximum atomic E-state index is 5.97. The molecule has 0 aromatic carbocycles. The normalized spacial score (nSPS) is 27.8. The number of nitrogens with one attached hydrogen (secondary N) is 2. The molecule has 22 heavy (non-hydrogen) atoms. The van der Waals surface area contributed by atoms with Gasteiger partial charge in [0.1, 0.15) is 0 Å². The minimum absolute atomic E-state index is 0.198. The van der Waals surface area contributed by atoms with Crippen LogP contribution in [0.4, 0.5) is 0 Å². The summed E-state index contributed by atoms with van der Waals surface area (Å²) in [5.74, 6) is 0.872. The lowest BCUT2D eigenvalue weighted by molar-refractivity contribution is -0.125. The van der Waals surface area contributed by atoms with Crippen LogP contribution in [0.25, 0.3) is 0 Å². The van der Waals surface area contributed by atoms with Gasteiger partial charge in [-0.2, -0.15) is 0 Å². The topological polar surface area (TPSA) is 54.9 Å². The highest BCUT2D eigenvalue weighted by Crippen LogP contribution is 2.54. The van der Waals surface area contributed by atoms with Gasteiger partial charge in [0.15, 0.2) is 5.96 Å². The van der Waals surface area contributed by atoms with E-state index in [4.69, 9.17) is 9.47 Å². The fraction of sp³-hybridized carbons (Fsp3) is 0.941. The first-order valence-corrected chi connectivity index (χ1v) is 8.61. The molecule has 2 aliphatic carbocycles. The summed E-state index contributed by atoms with van der Waals surface area (Å²) in [4.78, 5) is 4.37. The predicted molar refractivity (Wildman–Crippen MR) is 90.3 cm³/mol. The van der Waals surface area contributed by atoms with Crippen molar-refractivity contribution in [3.8, 4) is 0 Å². The van der Waals surface area contributed by atoms with E-state index in [2.05, 4.69) is 36.4 Å². The van der Waals surface area contributed by atoms with Gasteiger partial charge in [0, 0.05) is 38.8 Å². The molecule has 2 unspecified atom stereocenters. The van der Waals surface area contributed by atoms with Gasteiger partial charge in [-0.15, -0.1) is 0 Å². The molecule has 5 nitrogen and oxygen atoms in total. The van der Waals surface area contributed by atoms with Gasteiger partial charge in [0.2, 0.25) is 0 Å². The lowest BCUT2D eigenvalue weighted by atomic mass is 9.60. The summed E-state index contributed by atoms with van der Waals surface area (Å²) in [5.41, 5.74) is 0.126. The quantitative estimate of drug-likeness (QED) is 0.584. The molecule has 2 aliphatic rings. The molecular formula is C17H33N3O2. The van der Waals surface area contributed by atoms with E-state index in [1.807, 2.05) is 7.05 Å². The largest absolute Gasteiger partial charge is 0.378 e. The predicted octanol–water partition coefficient (Wildman–Crippen LogP) is 2.31. The van der Waals surface area contributed by atoms with Gasteiger partial charge in [-0.1, -0.05) is 12.8 Å².